The zero-order valence-corrected chi connectivity index (χ0v) is 13.1. The summed E-state index contributed by atoms with van der Waals surface area (Å²) in [6.45, 7) is 1.93. The second kappa shape index (κ2) is 7.04. The predicted octanol–water partition coefficient (Wildman–Crippen LogP) is 3.34. The molecule has 0 aromatic heterocycles. The van der Waals surface area contributed by atoms with E-state index in [0.717, 1.165) is 15.7 Å². The first-order valence-corrected chi connectivity index (χ1v) is 7.24. The van der Waals surface area contributed by atoms with Gasteiger partial charge in [-0.1, -0.05) is 34.1 Å². The molecule has 0 aliphatic heterocycles. The number of hydrogen-bond acceptors (Lipinski definition) is 2. The Balaban J connectivity index is 2.01. The minimum atomic E-state index is -0.167. The lowest BCUT2D eigenvalue weighted by atomic mass is 10.1. The molecule has 0 aliphatic rings. The van der Waals surface area contributed by atoms with Crippen LogP contribution in [0.4, 0.5) is 5.69 Å². The van der Waals surface area contributed by atoms with Crippen molar-refractivity contribution in [1.82, 2.24) is 5.32 Å². The Morgan fingerprint density at radius 2 is 1.81 bits per heavy atom. The highest BCUT2D eigenvalue weighted by Crippen LogP contribution is 2.16. The maximum atomic E-state index is 12.1. The Morgan fingerprint density at radius 3 is 2.43 bits per heavy atom. The average molecular weight is 347 g/mol. The molecule has 0 aliphatic carbocycles. The summed E-state index contributed by atoms with van der Waals surface area (Å²) >= 11 is 3.36. The summed E-state index contributed by atoms with van der Waals surface area (Å²) in [6, 6.07) is 14.5. The van der Waals surface area contributed by atoms with Crippen molar-refractivity contribution in [2.45, 2.75) is 13.5 Å². The van der Waals surface area contributed by atoms with E-state index in [2.05, 4.69) is 26.6 Å². The van der Waals surface area contributed by atoms with Crippen LogP contribution in [-0.4, -0.2) is 11.8 Å². The minimum absolute atomic E-state index is 0.0773. The van der Waals surface area contributed by atoms with Gasteiger partial charge >= 0.3 is 0 Å². The van der Waals surface area contributed by atoms with Gasteiger partial charge in [-0.25, -0.2) is 0 Å². The van der Waals surface area contributed by atoms with Gasteiger partial charge in [-0.3, -0.25) is 9.59 Å². The van der Waals surface area contributed by atoms with E-state index in [9.17, 15) is 9.59 Å². The third kappa shape index (κ3) is 4.72. The van der Waals surface area contributed by atoms with Gasteiger partial charge in [-0.05, 0) is 35.9 Å². The van der Waals surface area contributed by atoms with E-state index in [0.29, 0.717) is 12.1 Å². The van der Waals surface area contributed by atoms with Crippen molar-refractivity contribution in [2.24, 2.45) is 0 Å². The second-order valence-electron chi connectivity index (χ2n) is 4.57. The standard InChI is InChI=1S/C16H15BrN2O2/c1-11(20)18-10-12-5-7-13(8-6-12)16(21)19-15-4-2-3-14(17)9-15/h2-9H,10H2,1H3,(H,18,20)(H,19,21). The van der Waals surface area contributed by atoms with E-state index in [4.69, 9.17) is 0 Å². The van der Waals surface area contributed by atoms with E-state index in [1.54, 1.807) is 12.1 Å². The molecule has 2 N–H and O–H groups in total. The van der Waals surface area contributed by atoms with Crippen molar-refractivity contribution in [3.05, 3.63) is 64.1 Å². The quantitative estimate of drug-likeness (QED) is 0.891. The zero-order chi connectivity index (χ0) is 15.2. The van der Waals surface area contributed by atoms with Crippen LogP contribution in [0.1, 0.15) is 22.8 Å². The van der Waals surface area contributed by atoms with Gasteiger partial charge in [-0.15, -0.1) is 0 Å². The molecule has 2 rings (SSSR count). The molecular weight excluding hydrogens is 332 g/mol. The summed E-state index contributed by atoms with van der Waals surface area (Å²) in [5.74, 6) is -0.245. The van der Waals surface area contributed by atoms with Crippen molar-refractivity contribution in [1.29, 1.82) is 0 Å². The number of halogens is 1. The number of nitrogens with one attached hydrogen (secondary N) is 2. The van der Waals surface area contributed by atoms with Gasteiger partial charge in [0.05, 0.1) is 0 Å². The fraction of sp³-hybridized carbons (Fsp3) is 0.125. The molecule has 0 heterocycles. The maximum Gasteiger partial charge on any atom is 0.255 e. The van der Waals surface area contributed by atoms with E-state index < -0.39 is 0 Å². The molecule has 2 aromatic rings. The Kier molecular flexibility index (Phi) is 5.11. The van der Waals surface area contributed by atoms with Crippen molar-refractivity contribution in [3.63, 3.8) is 0 Å². The van der Waals surface area contributed by atoms with Gasteiger partial charge in [0.15, 0.2) is 0 Å². The van der Waals surface area contributed by atoms with E-state index in [1.165, 1.54) is 6.92 Å². The van der Waals surface area contributed by atoms with Crippen LogP contribution in [0.15, 0.2) is 53.0 Å². The van der Waals surface area contributed by atoms with Gasteiger partial charge < -0.3 is 10.6 Å². The van der Waals surface area contributed by atoms with Crippen molar-refractivity contribution >= 4 is 33.4 Å². The largest absolute Gasteiger partial charge is 0.352 e. The molecule has 5 heteroatoms. The first-order valence-electron chi connectivity index (χ1n) is 6.45. The molecule has 4 nitrogen and oxygen atoms in total. The summed E-state index contributed by atoms with van der Waals surface area (Å²) in [7, 11) is 0. The second-order valence-corrected chi connectivity index (χ2v) is 5.49. The van der Waals surface area contributed by atoms with E-state index in [1.807, 2.05) is 36.4 Å². The molecule has 2 aromatic carbocycles. The lowest BCUT2D eigenvalue weighted by Crippen LogP contribution is -2.19. The van der Waals surface area contributed by atoms with Crippen LogP contribution in [0.25, 0.3) is 0 Å². The first-order chi connectivity index (χ1) is 10.0. The summed E-state index contributed by atoms with van der Waals surface area (Å²) in [5, 5.41) is 5.54. The number of benzene rings is 2. The number of rotatable bonds is 4. The number of carbonyl (C=O) groups is 2. The molecular formula is C16H15BrN2O2. The van der Waals surface area contributed by atoms with Gasteiger partial charge in [0.1, 0.15) is 0 Å². The van der Waals surface area contributed by atoms with Crippen molar-refractivity contribution < 1.29 is 9.59 Å². The third-order valence-corrected chi connectivity index (χ3v) is 3.33. The highest BCUT2D eigenvalue weighted by atomic mass is 79.9. The highest BCUT2D eigenvalue weighted by Gasteiger charge is 2.06. The average Bonchev–Trinajstić information content (AvgIpc) is 2.45. The van der Waals surface area contributed by atoms with Gasteiger partial charge in [0, 0.05) is 29.2 Å². The number of anilines is 1. The molecule has 0 spiro atoms. The Hall–Kier alpha value is -2.14. The third-order valence-electron chi connectivity index (χ3n) is 2.84. The molecule has 108 valence electrons. The van der Waals surface area contributed by atoms with Gasteiger partial charge in [-0.2, -0.15) is 0 Å². The zero-order valence-electron chi connectivity index (χ0n) is 11.5. The smallest absolute Gasteiger partial charge is 0.255 e. The molecule has 0 atom stereocenters. The van der Waals surface area contributed by atoms with Crippen molar-refractivity contribution in [3.8, 4) is 0 Å². The van der Waals surface area contributed by atoms with Crippen LogP contribution in [0.5, 0.6) is 0 Å². The van der Waals surface area contributed by atoms with Crippen LogP contribution in [-0.2, 0) is 11.3 Å². The SMILES string of the molecule is CC(=O)NCc1ccc(C(=O)Nc2cccc(Br)c2)cc1. The normalized spacial score (nSPS) is 10.0. The monoisotopic (exact) mass is 346 g/mol. The molecule has 21 heavy (non-hydrogen) atoms. The number of carbonyl (C=O) groups excluding carboxylic acids is 2. The summed E-state index contributed by atoms with van der Waals surface area (Å²) in [5.41, 5.74) is 2.25. The molecule has 0 bridgehead atoms. The van der Waals surface area contributed by atoms with Crippen LogP contribution >= 0.6 is 15.9 Å². The fourth-order valence-corrected chi connectivity index (χ4v) is 2.17. The summed E-state index contributed by atoms with van der Waals surface area (Å²) < 4.78 is 0.908. The molecule has 0 unspecified atom stereocenters. The summed E-state index contributed by atoms with van der Waals surface area (Å²) in [6.07, 6.45) is 0. The lowest BCUT2D eigenvalue weighted by molar-refractivity contribution is -0.119. The molecule has 0 saturated carbocycles. The highest BCUT2D eigenvalue weighted by molar-refractivity contribution is 9.10. The molecule has 2 amide bonds. The van der Waals surface area contributed by atoms with Crippen molar-refractivity contribution in [2.75, 3.05) is 5.32 Å². The van der Waals surface area contributed by atoms with Crippen LogP contribution in [0, 0.1) is 0 Å². The van der Waals surface area contributed by atoms with E-state index >= 15 is 0 Å². The fourth-order valence-electron chi connectivity index (χ4n) is 1.77. The van der Waals surface area contributed by atoms with Crippen LogP contribution in [0.2, 0.25) is 0 Å². The first kappa shape index (κ1) is 15.3. The Labute approximate surface area is 131 Å². The van der Waals surface area contributed by atoms with Gasteiger partial charge in [0.25, 0.3) is 5.91 Å². The molecule has 0 saturated heterocycles. The molecule has 0 radical (unpaired) electrons. The predicted molar refractivity (Wildman–Crippen MR) is 86.1 cm³/mol. The van der Waals surface area contributed by atoms with E-state index in [-0.39, 0.29) is 11.8 Å². The number of hydrogen-bond donors (Lipinski definition) is 2. The van der Waals surface area contributed by atoms with Gasteiger partial charge in [0.2, 0.25) is 5.91 Å². The van der Waals surface area contributed by atoms with Crippen LogP contribution in [0.3, 0.4) is 0 Å². The Morgan fingerprint density at radius 1 is 1.10 bits per heavy atom. The Bertz CT molecular complexity index is 654. The lowest BCUT2D eigenvalue weighted by Gasteiger charge is -2.07. The molecule has 0 fully saturated rings. The minimum Gasteiger partial charge on any atom is -0.352 e. The number of amides is 2. The topological polar surface area (TPSA) is 58.2 Å². The maximum absolute atomic E-state index is 12.1. The van der Waals surface area contributed by atoms with Crippen LogP contribution < -0.4 is 10.6 Å². The summed E-state index contributed by atoms with van der Waals surface area (Å²) in [4.78, 5) is 23.0.